The summed E-state index contributed by atoms with van der Waals surface area (Å²) < 4.78 is 0. The molecule has 1 N–H and O–H groups in total. The highest BCUT2D eigenvalue weighted by atomic mass is 16.1. The van der Waals surface area contributed by atoms with Crippen LogP contribution in [-0.2, 0) is 17.8 Å². The van der Waals surface area contributed by atoms with Crippen LogP contribution in [0.2, 0.25) is 0 Å². The first kappa shape index (κ1) is 16.7. The Labute approximate surface area is 144 Å². The Morgan fingerprint density at radius 1 is 1.08 bits per heavy atom. The van der Waals surface area contributed by atoms with Gasteiger partial charge in [-0.3, -0.25) is 9.69 Å². The molecule has 1 unspecified atom stereocenters. The van der Waals surface area contributed by atoms with E-state index in [2.05, 4.69) is 66.5 Å². The molecule has 1 saturated heterocycles. The lowest BCUT2D eigenvalue weighted by atomic mass is 10.0. The molecule has 1 aliphatic heterocycles. The molecule has 24 heavy (non-hydrogen) atoms. The van der Waals surface area contributed by atoms with Crippen molar-refractivity contribution >= 4 is 5.91 Å². The number of aryl methyl sites for hydroxylation is 2. The van der Waals surface area contributed by atoms with Crippen molar-refractivity contribution in [3.05, 3.63) is 70.8 Å². The van der Waals surface area contributed by atoms with Gasteiger partial charge in [0.1, 0.15) is 0 Å². The Balaban J connectivity index is 1.48. The van der Waals surface area contributed by atoms with Crippen LogP contribution in [0.1, 0.15) is 28.7 Å². The van der Waals surface area contributed by atoms with Gasteiger partial charge in [-0.2, -0.15) is 0 Å². The summed E-state index contributed by atoms with van der Waals surface area (Å²) in [4.78, 5) is 14.7. The van der Waals surface area contributed by atoms with Crippen molar-refractivity contribution in [2.45, 2.75) is 39.3 Å². The molecule has 0 radical (unpaired) electrons. The van der Waals surface area contributed by atoms with Crippen LogP contribution in [0, 0.1) is 13.8 Å². The summed E-state index contributed by atoms with van der Waals surface area (Å²) in [5.41, 5.74) is 4.94. The fourth-order valence-electron chi connectivity index (χ4n) is 3.31. The van der Waals surface area contributed by atoms with Crippen LogP contribution in [0.15, 0.2) is 48.5 Å². The minimum absolute atomic E-state index is 0.129. The lowest BCUT2D eigenvalue weighted by Crippen LogP contribution is -2.37. The highest BCUT2D eigenvalue weighted by Gasteiger charge is 2.23. The molecule has 3 nitrogen and oxygen atoms in total. The van der Waals surface area contributed by atoms with Crippen LogP contribution in [0.5, 0.6) is 0 Å². The Morgan fingerprint density at radius 3 is 2.62 bits per heavy atom. The second-order valence-electron chi connectivity index (χ2n) is 6.87. The number of hydrogen-bond acceptors (Lipinski definition) is 2. The quantitative estimate of drug-likeness (QED) is 0.916. The van der Waals surface area contributed by atoms with Crippen LogP contribution in [0.3, 0.4) is 0 Å². The molecule has 3 rings (SSSR count). The van der Waals surface area contributed by atoms with Crippen molar-refractivity contribution < 1.29 is 4.79 Å². The van der Waals surface area contributed by atoms with Crippen molar-refractivity contribution in [2.24, 2.45) is 0 Å². The van der Waals surface area contributed by atoms with Gasteiger partial charge in [-0.05, 0) is 42.5 Å². The van der Waals surface area contributed by atoms with Gasteiger partial charge >= 0.3 is 0 Å². The molecular formula is C21H26N2O. The van der Waals surface area contributed by atoms with E-state index in [4.69, 9.17) is 0 Å². The summed E-state index contributed by atoms with van der Waals surface area (Å²) in [7, 11) is 0. The molecule has 3 heteroatoms. The maximum Gasteiger partial charge on any atom is 0.224 e. The highest BCUT2D eigenvalue weighted by Crippen LogP contribution is 2.14. The van der Waals surface area contributed by atoms with Gasteiger partial charge < -0.3 is 5.32 Å². The van der Waals surface area contributed by atoms with Crippen LogP contribution >= 0.6 is 0 Å². The van der Waals surface area contributed by atoms with E-state index in [1.54, 1.807) is 0 Å². The van der Waals surface area contributed by atoms with E-state index in [1.807, 2.05) is 6.07 Å². The van der Waals surface area contributed by atoms with Crippen molar-refractivity contribution in [1.82, 2.24) is 10.2 Å². The third-order valence-corrected chi connectivity index (χ3v) is 4.82. The standard InChI is InChI=1S/C21H26N2O/c1-16-8-9-19(12-17(16)2)13-21(24)22-20-10-11-23(15-20)14-18-6-4-3-5-7-18/h3-9,12,20H,10-11,13-15H2,1-2H3,(H,22,24). The molecule has 1 atom stereocenters. The minimum Gasteiger partial charge on any atom is -0.352 e. The van der Waals surface area contributed by atoms with Gasteiger partial charge in [-0.1, -0.05) is 48.5 Å². The predicted molar refractivity (Wildman–Crippen MR) is 97.9 cm³/mol. The molecular weight excluding hydrogens is 296 g/mol. The highest BCUT2D eigenvalue weighted by molar-refractivity contribution is 5.79. The van der Waals surface area contributed by atoms with E-state index in [0.29, 0.717) is 6.42 Å². The Morgan fingerprint density at radius 2 is 1.88 bits per heavy atom. The molecule has 0 spiro atoms. The number of nitrogens with one attached hydrogen (secondary N) is 1. The molecule has 1 heterocycles. The summed E-state index contributed by atoms with van der Waals surface area (Å²) in [5, 5.41) is 3.20. The fraction of sp³-hybridized carbons (Fsp3) is 0.381. The molecule has 0 aliphatic carbocycles. The van der Waals surface area contributed by atoms with E-state index < -0.39 is 0 Å². The number of hydrogen-bond donors (Lipinski definition) is 1. The van der Waals surface area contributed by atoms with Crippen LogP contribution in [0.4, 0.5) is 0 Å². The lowest BCUT2D eigenvalue weighted by molar-refractivity contribution is -0.121. The number of carbonyl (C=O) groups excluding carboxylic acids is 1. The van der Waals surface area contributed by atoms with Gasteiger partial charge in [0.05, 0.1) is 6.42 Å². The normalized spacial score (nSPS) is 17.8. The van der Waals surface area contributed by atoms with Crippen LogP contribution in [0.25, 0.3) is 0 Å². The number of benzene rings is 2. The molecule has 1 aliphatic rings. The van der Waals surface area contributed by atoms with Gasteiger partial charge in [0, 0.05) is 25.7 Å². The van der Waals surface area contributed by atoms with E-state index in [-0.39, 0.29) is 11.9 Å². The van der Waals surface area contributed by atoms with Gasteiger partial charge in [0.25, 0.3) is 0 Å². The van der Waals surface area contributed by atoms with Gasteiger partial charge in [0.15, 0.2) is 0 Å². The summed E-state index contributed by atoms with van der Waals surface area (Å²) in [5.74, 6) is 0.129. The first-order chi connectivity index (χ1) is 11.6. The molecule has 0 bridgehead atoms. The SMILES string of the molecule is Cc1ccc(CC(=O)NC2CCN(Cc3ccccc3)C2)cc1C. The third-order valence-electron chi connectivity index (χ3n) is 4.82. The van der Waals surface area contributed by atoms with Crippen molar-refractivity contribution in [3.63, 3.8) is 0 Å². The smallest absolute Gasteiger partial charge is 0.224 e. The van der Waals surface area contributed by atoms with E-state index in [9.17, 15) is 4.79 Å². The zero-order valence-electron chi connectivity index (χ0n) is 14.6. The third kappa shape index (κ3) is 4.45. The lowest BCUT2D eigenvalue weighted by Gasteiger charge is -2.17. The Hall–Kier alpha value is -2.13. The minimum atomic E-state index is 0.129. The summed E-state index contributed by atoms with van der Waals surface area (Å²) in [6.45, 7) is 7.13. The zero-order valence-corrected chi connectivity index (χ0v) is 14.6. The second kappa shape index (κ2) is 7.63. The molecule has 1 amide bonds. The molecule has 2 aromatic carbocycles. The second-order valence-corrected chi connectivity index (χ2v) is 6.87. The maximum absolute atomic E-state index is 12.3. The van der Waals surface area contributed by atoms with Crippen molar-refractivity contribution in [2.75, 3.05) is 13.1 Å². The van der Waals surface area contributed by atoms with E-state index in [1.165, 1.54) is 16.7 Å². The largest absolute Gasteiger partial charge is 0.352 e. The van der Waals surface area contributed by atoms with Gasteiger partial charge in [-0.15, -0.1) is 0 Å². The number of nitrogens with zero attached hydrogens (tertiary/aromatic N) is 1. The monoisotopic (exact) mass is 322 g/mol. The van der Waals surface area contributed by atoms with Gasteiger partial charge in [0.2, 0.25) is 5.91 Å². The molecule has 0 saturated carbocycles. The van der Waals surface area contributed by atoms with Crippen molar-refractivity contribution in [3.8, 4) is 0 Å². The first-order valence-corrected chi connectivity index (χ1v) is 8.72. The van der Waals surface area contributed by atoms with Crippen molar-refractivity contribution in [1.29, 1.82) is 0 Å². The topological polar surface area (TPSA) is 32.3 Å². The number of amides is 1. The molecule has 0 aromatic heterocycles. The average molecular weight is 322 g/mol. The average Bonchev–Trinajstić information content (AvgIpc) is 2.99. The van der Waals surface area contributed by atoms with E-state index in [0.717, 1.165) is 31.6 Å². The molecule has 1 fully saturated rings. The first-order valence-electron chi connectivity index (χ1n) is 8.72. The Kier molecular flexibility index (Phi) is 5.31. The Bertz CT molecular complexity index is 696. The van der Waals surface area contributed by atoms with Crippen LogP contribution in [-0.4, -0.2) is 29.9 Å². The maximum atomic E-state index is 12.3. The number of carbonyl (C=O) groups is 1. The summed E-state index contributed by atoms with van der Waals surface area (Å²) in [6, 6.07) is 17.1. The number of likely N-dealkylation sites (tertiary alicyclic amines) is 1. The fourth-order valence-corrected chi connectivity index (χ4v) is 3.31. The predicted octanol–water partition coefficient (Wildman–Crippen LogP) is 3.24. The molecule has 126 valence electrons. The summed E-state index contributed by atoms with van der Waals surface area (Å²) >= 11 is 0. The van der Waals surface area contributed by atoms with E-state index >= 15 is 0 Å². The van der Waals surface area contributed by atoms with Crippen LogP contribution < -0.4 is 5.32 Å². The number of rotatable bonds is 5. The van der Waals surface area contributed by atoms with Gasteiger partial charge in [-0.25, -0.2) is 0 Å². The zero-order chi connectivity index (χ0) is 16.9. The molecule has 2 aromatic rings. The summed E-state index contributed by atoms with van der Waals surface area (Å²) in [6.07, 6.45) is 1.50.